The highest BCUT2D eigenvalue weighted by Gasteiger charge is 1.73. The normalized spacial score (nSPS) is 10.8. The van der Waals surface area contributed by atoms with Crippen LogP contribution in [0.4, 0.5) is 0 Å². The van der Waals surface area contributed by atoms with Crippen molar-refractivity contribution in [3.05, 3.63) is 36.5 Å². The third-order valence-electron chi connectivity index (χ3n) is 0.939. The van der Waals surface area contributed by atoms with Crippen LogP contribution in [0.2, 0.25) is 0 Å². The molecular formula is C10H12. The van der Waals surface area contributed by atoms with E-state index in [1.807, 2.05) is 32.1 Å². The molecule has 0 heteroatoms. The second-order valence-corrected chi connectivity index (χ2v) is 1.88. The van der Waals surface area contributed by atoms with Crippen molar-refractivity contribution in [1.82, 2.24) is 0 Å². The van der Waals surface area contributed by atoms with Crippen LogP contribution in [0, 0.1) is 11.8 Å². The Hall–Kier alpha value is -1.22. The Morgan fingerprint density at radius 2 is 2.20 bits per heavy atom. The molecule has 0 aromatic carbocycles. The van der Waals surface area contributed by atoms with E-state index in [1.165, 1.54) is 0 Å². The summed E-state index contributed by atoms with van der Waals surface area (Å²) in [5, 5.41) is 0. The minimum absolute atomic E-state index is 1.15. The van der Waals surface area contributed by atoms with Gasteiger partial charge in [-0.05, 0) is 25.5 Å². The molecule has 0 aliphatic heterocycles. The predicted molar refractivity (Wildman–Crippen MR) is 46.5 cm³/mol. The van der Waals surface area contributed by atoms with Crippen molar-refractivity contribution in [3.8, 4) is 11.8 Å². The summed E-state index contributed by atoms with van der Waals surface area (Å²) < 4.78 is 0. The van der Waals surface area contributed by atoms with E-state index in [1.54, 1.807) is 6.08 Å². The van der Waals surface area contributed by atoms with Gasteiger partial charge >= 0.3 is 0 Å². The van der Waals surface area contributed by atoms with E-state index in [2.05, 4.69) is 18.4 Å². The summed E-state index contributed by atoms with van der Waals surface area (Å²) >= 11 is 0. The molecule has 0 rings (SSSR count). The number of hydrogen-bond acceptors (Lipinski definition) is 0. The number of allylic oxidation sites excluding steroid dienone is 5. The van der Waals surface area contributed by atoms with Crippen LogP contribution < -0.4 is 0 Å². The molecule has 0 fully saturated rings. The van der Waals surface area contributed by atoms with E-state index in [4.69, 9.17) is 0 Å². The highest BCUT2D eigenvalue weighted by atomic mass is 13.8. The van der Waals surface area contributed by atoms with E-state index in [-0.39, 0.29) is 0 Å². The van der Waals surface area contributed by atoms with Crippen LogP contribution in [0.1, 0.15) is 13.8 Å². The molecule has 0 aromatic rings. The predicted octanol–water partition coefficient (Wildman–Crippen LogP) is 2.70. The second kappa shape index (κ2) is 5.91. The largest absolute Gasteiger partial charge is 0.102 e. The van der Waals surface area contributed by atoms with E-state index in [9.17, 15) is 0 Å². The van der Waals surface area contributed by atoms with Crippen LogP contribution in [-0.2, 0) is 0 Å². The van der Waals surface area contributed by atoms with Crippen molar-refractivity contribution in [2.24, 2.45) is 0 Å². The summed E-state index contributed by atoms with van der Waals surface area (Å²) in [6, 6.07) is 0. The summed E-state index contributed by atoms with van der Waals surface area (Å²) in [5.41, 5.74) is 1.15. The Balaban J connectivity index is 4.02. The first kappa shape index (κ1) is 8.78. The molecule has 52 valence electrons. The molecule has 0 heterocycles. The summed E-state index contributed by atoms with van der Waals surface area (Å²) in [5.74, 6) is 5.65. The van der Waals surface area contributed by atoms with Crippen molar-refractivity contribution in [2.45, 2.75) is 13.8 Å². The Morgan fingerprint density at radius 1 is 1.50 bits per heavy atom. The molecule has 0 N–H and O–H groups in total. The highest BCUT2D eigenvalue weighted by molar-refractivity contribution is 5.27. The Labute approximate surface area is 63.0 Å². The second-order valence-electron chi connectivity index (χ2n) is 1.88. The van der Waals surface area contributed by atoms with Gasteiger partial charge in [-0.3, -0.25) is 0 Å². The molecule has 0 unspecified atom stereocenters. The zero-order valence-corrected chi connectivity index (χ0v) is 6.52. The van der Waals surface area contributed by atoms with Crippen molar-refractivity contribution in [2.75, 3.05) is 0 Å². The highest BCUT2D eigenvalue weighted by Crippen LogP contribution is 1.92. The zero-order valence-electron chi connectivity index (χ0n) is 6.52. The van der Waals surface area contributed by atoms with Crippen molar-refractivity contribution in [1.29, 1.82) is 0 Å². The maximum atomic E-state index is 3.56. The summed E-state index contributed by atoms with van der Waals surface area (Å²) in [7, 11) is 0. The maximum absolute atomic E-state index is 3.56. The van der Waals surface area contributed by atoms with Gasteiger partial charge in [0, 0.05) is 0 Å². The Morgan fingerprint density at radius 3 is 2.70 bits per heavy atom. The first-order valence-corrected chi connectivity index (χ1v) is 3.19. The fourth-order valence-electron chi connectivity index (χ4n) is 0.454. The minimum Gasteiger partial charge on any atom is -0.102 e. The van der Waals surface area contributed by atoms with Crippen LogP contribution in [0.15, 0.2) is 36.5 Å². The topological polar surface area (TPSA) is 0 Å². The lowest BCUT2D eigenvalue weighted by atomic mass is 10.2. The van der Waals surface area contributed by atoms with Gasteiger partial charge in [0.05, 0.1) is 0 Å². The van der Waals surface area contributed by atoms with Crippen LogP contribution in [0.25, 0.3) is 0 Å². The molecule has 0 saturated heterocycles. The lowest BCUT2D eigenvalue weighted by Crippen LogP contribution is -1.63. The third kappa shape index (κ3) is 4.93. The maximum Gasteiger partial charge on any atom is -0.00235 e. The van der Waals surface area contributed by atoms with Gasteiger partial charge in [-0.25, -0.2) is 0 Å². The van der Waals surface area contributed by atoms with Crippen LogP contribution >= 0.6 is 0 Å². The first-order chi connectivity index (χ1) is 4.81. The Bertz CT molecular complexity index is 206. The van der Waals surface area contributed by atoms with Gasteiger partial charge in [0.15, 0.2) is 0 Å². The van der Waals surface area contributed by atoms with Crippen LogP contribution in [0.5, 0.6) is 0 Å². The van der Waals surface area contributed by atoms with Gasteiger partial charge in [0.2, 0.25) is 0 Å². The lowest BCUT2D eigenvalue weighted by Gasteiger charge is -1.82. The van der Waals surface area contributed by atoms with Crippen molar-refractivity contribution in [3.63, 3.8) is 0 Å². The molecule has 0 atom stereocenters. The molecule has 0 aliphatic carbocycles. The number of rotatable bonds is 2. The fraction of sp³-hybridized carbons (Fsp3) is 0.200. The van der Waals surface area contributed by atoms with E-state index < -0.39 is 0 Å². The van der Waals surface area contributed by atoms with Gasteiger partial charge in [0.25, 0.3) is 0 Å². The average Bonchev–Trinajstić information content (AvgIpc) is 1.97. The smallest absolute Gasteiger partial charge is 0.00235 e. The van der Waals surface area contributed by atoms with Gasteiger partial charge < -0.3 is 0 Å². The van der Waals surface area contributed by atoms with Crippen LogP contribution in [0.3, 0.4) is 0 Å². The molecule has 0 bridgehead atoms. The third-order valence-corrected chi connectivity index (χ3v) is 0.939. The first-order valence-electron chi connectivity index (χ1n) is 3.19. The summed E-state index contributed by atoms with van der Waals surface area (Å²) in [6.45, 7) is 7.39. The molecular weight excluding hydrogens is 120 g/mol. The zero-order chi connectivity index (χ0) is 7.82. The van der Waals surface area contributed by atoms with E-state index in [0.29, 0.717) is 0 Å². The molecule has 0 amide bonds. The summed E-state index contributed by atoms with van der Waals surface area (Å²) in [4.78, 5) is 0. The summed E-state index contributed by atoms with van der Waals surface area (Å²) in [6.07, 6.45) is 7.48. The molecule has 0 aromatic heterocycles. The quantitative estimate of drug-likeness (QED) is 0.400. The van der Waals surface area contributed by atoms with Gasteiger partial charge in [-0.1, -0.05) is 30.7 Å². The molecule has 0 aliphatic rings. The van der Waals surface area contributed by atoms with Gasteiger partial charge in [-0.15, -0.1) is 5.92 Å². The van der Waals surface area contributed by atoms with Crippen molar-refractivity contribution < 1.29 is 0 Å². The van der Waals surface area contributed by atoms with E-state index >= 15 is 0 Å². The molecule has 10 heavy (non-hydrogen) atoms. The van der Waals surface area contributed by atoms with Gasteiger partial charge in [-0.2, -0.15) is 0 Å². The minimum atomic E-state index is 1.15. The number of hydrogen-bond donors (Lipinski definition) is 0. The molecule has 0 spiro atoms. The van der Waals surface area contributed by atoms with Crippen molar-refractivity contribution >= 4 is 0 Å². The molecule has 0 nitrogen and oxygen atoms in total. The fourth-order valence-corrected chi connectivity index (χ4v) is 0.454. The standard InChI is InChI=1S/C10H12/c1-4-6-8-10(3)9-7-5-2/h4,6,8-9H,1H2,2-3H3/b8-6+,10-9-. The Kier molecular flexibility index (Phi) is 5.19. The average molecular weight is 132 g/mol. The van der Waals surface area contributed by atoms with E-state index in [0.717, 1.165) is 5.57 Å². The monoisotopic (exact) mass is 132 g/mol. The van der Waals surface area contributed by atoms with Gasteiger partial charge in [0.1, 0.15) is 0 Å². The molecule has 0 radical (unpaired) electrons. The SMILES string of the molecule is C=C/C=C/C(C)=C\C#CC. The molecule has 0 saturated carbocycles. The lowest BCUT2D eigenvalue weighted by molar-refractivity contribution is 1.53. The van der Waals surface area contributed by atoms with Crippen LogP contribution in [-0.4, -0.2) is 0 Å².